The minimum absolute atomic E-state index is 0.119. The first kappa shape index (κ1) is 25.3. The lowest BCUT2D eigenvalue weighted by atomic mass is 9.70. The number of aromatic nitrogens is 1. The summed E-state index contributed by atoms with van der Waals surface area (Å²) in [5.41, 5.74) is 6.92. The minimum Gasteiger partial charge on any atom is -0.489 e. The van der Waals surface area contributed by atoms with Gasteiger partial charge in [-0.2, -0.15) is 0 Å². The molecule has 186 valence electrons. The molecule has 0 aliphatic carbocycles. The van der Waals surface area contributed by atoms with Crippen molar-refractivity contribution in [1.29, 1.82) is 0 Å². The molecule has 1 aromatic heterocycles. The molecule has 0 N–H and O–H groups in total. The normalized spacial score (nSPS) is 11.8. The number of esters is 1. The fraction of sp³-hybridized carbons (Fsp3) is 0.281. The van der Waals surface area contributed by atoms with E-state index in [2.05, 4.69) is 87.1 Å². The second-order valence-corrected chi connectivity index (χ2v) is 9.33. The molecule has 1 heterocycles. The maximum Gasteiger partial charge on any atom is 0.330 e. The number of rotatable bonds is 9. The smallest absolute Gasteiger partial charge is 0.330 e. The van der Waals surface area contributed by atoms with E-state index in [0.717, 1.165) is 40.8 Å². The summed E-state index contributed by atoms with van der Waals surface area (Å²) in [6.45, 7) is 7.22. The summed E-state index contributed by atoms with van der Waals surface area (Å²) >= 11 is 0. The fourth-order valence-electron chi connectivity index (χ4n) is 5.16. The molecule has 0 amide bonds. The summed E-state index contributed by atoms with van der Waals surface area (Å²) in [6, 6.07) is 23.3. The van der Waals surface area contributed by atoms with Crippen LogP contribution in [0.5, 0.6) is 5.75 Å². The second kappa shape index (κ2) is 10.9. The summed E-state index contributed by atoms with van der Waals surface area (Å²) < 4.78 is 13.1. The summed E-state index contributed by atoms with van der Waals surface area (Å²) in [7, 11) is 3.47. The van der Waals surface area contributed by atoms with Crippen LogP contribution in [0.3, 0.4) is 0 Å². The largest absolute Gasteiger partial charge is 0.489 e. The number of ether oxygens (including phenoxy) is 2. The lowest BCUT2D eigenvalue weighted by Crippen LogP contribution is -2.26. The van der Waals surface area contributed by atoms with Crippen LogP contribution < -0.4 is 4.74 Å². The molecule has 0 atom stereocenters. The number of hydrogen-bond donors (Lipinski definition) is 0. The van der Waals surface area contributed by atoms with Gasteiger partial charge in [0.1, 0.15) is 12.4 Å². The molecule has 0 saturated carbocycles. The molecule has 0 saturated heterocycles. The maximum absolute atomic E-state index is 11.5. The molecule has 0 radical (unpaired) electrons. The van der Waals surface area contributed by atoms with Crippen molar-refractivity contribution in [2.75, 3.05) is 7.11 Å². The highest BCUT2D eigenvalue weighted by Gasteiger charge is 2.34. The van der Waals surface area contributed by atoms with Crippen LogP contribution in [0.15, 0.2) is 79.0 Å². The molecule has 0 aliphatic heterocycles. The molecule has 0 fully saturated rings. The predicted molar refractivity (Wildman–Crippen MR) is 147 cm³/mol. The van der Waals surface area contributed by atoms with Gasteiger partial charge in [0.15, 0.2) is 0 Å². The molecule has 0 spiro atoms. The van der Waals surface area contributed by atoms with Gasteiger partial charge in [0.2, 0.25) is 0 Å². The van der Waals surface area contributed by atoms with Crippen molar-refractivity contribution in [3.05, 3.63) is 107 Å². The number of fused-ring (bicyclic) bond motifs is 1. The van der Waals surface area contributed by atoms with Crippen LogP contribution in [0.1, 0.15) is 54.5 Å². The summed E-state index contributed by atoms with van der Waals surface area (Å²) in [5.74, 6) is 0.564. The Balaban J connectivity index is 1.70. The topological polar surface area (TPSA) is 40.5 Å². The molecule has 0 bridgehead atoms. The van der Waals surface area contributed by atoms with E-state index in [-0.39, 0.29) is 11.4 Å². The van der Waals surface area contributed by atoms with Gasteiger partial charge in [0, 0.05) is 35.6 Å². The second-order valence-electron chi connectivity index (χ2n) is 9.33. The zero-order chi connectivity index (χ0) is 25.7. The molecular formula is C32H35NO3. The van der Waals surface area contributed by atoms with Gasteiger partial charge in [-0.3, -0.25) is 0 Å². The fourth-order valence-corrected chi connectivity index (χ4v) is 5.16. The van der Waals surface area contributed by atoms with E-state index in [1.807, 2.05) is 18.2 Å². The average Bonchev–Trinajstić information content (AvgIpc) is 3.24. The van der Waals surface area contributed by atoms with Gasteiger partial charge in [0.25, 0.3) is 0 Å². The van der Waals surface area contributed by atoms with Gasteiger partial charge in [0.05, 0.1) is 7.11 Å². The van der Waals surface area contributed by atoms with Gasteiger partial charge in [-0.25, -0.2) is 4.79 Å². The Morgan fingerprint density at radius 2 is 1.75 bits per heavy atom. The van der Waals surface area contributed by atoms with Crippen LogP contribution in [-0.4, -0.2) is 17.6 Å². The highest BCUT2D eigenvalue weighted by molar-refractivity contribution is 5.90. The first-order chi connectivity index (χ1) is 17.4. The van der Waals surface area contributed by atoms with E-state index < -0.39 is 0 Å². The van der Waals surface area contributed by atoms with E-state index in [1.165, 1.54) is 29.7 Å². The first-order valence-electron chi connectivity index (χ1n) is 12.5. The lowest BCUT2D eigenvalue weighted by Gasteiger charge is -2.33. The van der Waals surface area contributed by atoms with Crippen molar-refractivity contribution in [1.82, 2.24) is 4.57 Å². The van der Waals surface area contributed by atoms with Crippen molar-refractivity contribution in [3.8, 4) is 5.75 Å². The SMILES string of the molecule is CCC(CC)(c1ccc(OCc2ccccc2)c(C)c1)c1cn(C)c2cc(/C=C/C(=O)OC)ccc12. The number of benzene rings is 3. The van der Waals surface area contributed by atoms with Crippen molar-refractivity contribution in [2.45, 2.75) is 45.6 Å². The van der Waals surface area contributed by atoms with Crippen LogP contribution in [0.2, 0.25) is 0 Å². The van der Waals surface area contributed by atoms with Crippen molar-refractivity contribution < 1.29 is 14.3 Å². The zero-order valence-corrected chi connectivity index (χ0v) is 21.9. The highest BCUT2D eigenvalue weighted by atomic mass is 16.5. The average molecular weight is 482 g/mol. The Kier molecular flexibility index (Phi) is 7.64. The minimum atomic E-state index is -0.356. The Hall–Kier alpha value is -3.79. The first-order valence-corrected chi connectivity index (χ1v) is 12.5. The van der Waals surface area contributed by atoms with Gasteiger partial charge in [-0.1, -0.05) is 68.4 Å². The number of nitrogens with zero attached hydrogens (tertiary/aromatic N) is 1. The Labute approximate surface area is 214 Å². The van der Waals surface area contributed by atoms with Gasteiger partial charge < -0.3 is 14.0 Å². The predicted octanol–water partition coefficient (Wildman–Crippen LogP) is 7.36. The molecule has 4 aromatic rings. The molecule has 4 heteroatoms. The highest BCUT2D eigenvalue weighted by Crippen LogP contribution is 2.44. The Bertz CT molecular complexity index is 1380. The van der Waals surface area contributed by atoms with E-state index in [1.54, 1.807) is 6.08 Å². The summed E-state index contributed by atoms with van der Waals surface area (Å²) in [5, 5.41) is 1.23. The van der Waals surface area contributed by atoms with Crippen LogP contribution in [0.25, 0.3) is 17.0 Å². The van der Waals surface area contributed by atoms with E-state index in [0.29, 0.717) is 6.61 Å². The Morgan fingerprint density at radius 3 is 2.42 bits per heavy atom. The molecule has 0 aliphatic rings. The summed E-state index contributed by atoms with van der Waals surface area (Å²) in [4.78, 5) is 11.5. The number of aryl methyl sites for hydroxylation is 2. The number of carbonyl (C=O) groups excluding carboxylic acids is 1. The summed E-state index contributed by atoms with van der Waals surface area (Å²) in [6.07, 6.45) is 7.48. The maximum atomic E-state index is 11.5. The number of methoxy groups -OCH3 is 1. The standard InChI is InChI=1S/C32H35NO3/c1-6-32(7-2,26-15-17-30(23(3)19-26)36-22-25-11-9-8-10-12-25)28-21-33(4)29-20-24(13-16-27(28)29)14-18-31(34)35-5/h8-21H,6-7,22H2,1-5H3/b18-14+. The third kappa shape index (κ3) is 4.94. The quantitative estimate of drug-likeness (QED) is 0.185. The van der Waals surface area contributed by atoms with Crippen LogP contribution in [0, 0.1) is 6.92 Å². The van der Waals surface area contributed by atoms with Crippen LogP contribution in [0.4, 0.5) is 0 Å². The van der Waals surface area contributed by atoms with E-state index in [9.17, 15) is 4.79 Å². The monoisotopic (exact) mass is 481 g/mol. The van der Waals surface area contributed by atoms with E-state index >= 15 is 0 Å². The third-order valence-electron chi connectivity index (χ3n) is 7.32. The van der Waals surface area contributed by atoms with Gasteiger partial charge in [-0.05, 0) is 65.8 Å². The van der Waals surface area contributed by atoms with Crippen LogP contribution in [-0.2, 0) is 28.6 Å². The number of hydrogen-bond acceptors (Lipinski definition) is 3. The van der Waals surface area contributed by atoms with Crippen molar-refractivity contribution >= 4 is 22.9 Å². The molecule has 0 unspecified atom stereocenters. The lowest BCUT2D eigenvalue weighted by molar-refractivity contribution is -0.134. The number of carbonyl (C=O) groups is 1. The Morgan fingerprint density at radius 1 is 1.00 bits per heavy atom. The molecule has 36 heavy (non-hydrogen) atoms. The molecule has 4 nitrogen and oxygen atoms in total. The van der Waals surface area contributed by atoms with Gasteiger partial charge in [-0.15, -0.1) is 0 Å². The zero-order valence-electron chi connectivity index (χ0n) is 21.9. The molecular weight excluding hydrogens is 446 g/mol. The van der Waals surface area contributed by atoms with E-state index in [4.69, 9.17) is 9.47 Å². The third-order valence-corrected chi connectivity index (χ3v) is 7.32. The van der Waals surface area contributed by atoms with Crippen LogP contribution >= 0.6 is 0 Å². The van der Waals surface area contributed by atoms with Crippen molar-refractivity contribution in [2.24, 2.45) is 7.05 Å². The molecule has 4 rings (SSSR count). The molecule has 3 aromatic carbocycles. The van der Waals surface area contributed by atoms with Gasteiger partial charge >= 0.3 is 5.97 Å². The van der Waals surface area contributed by atoms with Crippen molar-refractivity contribution in [3.63, 3.8) is 0 Å².